The highest BCUT2D eigenvalue weighted by Gasteiger charge is 2.29. The molecule has 32 heavy (non-hydrogen) atoms. The summed E-state index contributed by atoms with van der Waals surface area (Å²) < 4.78 is 39.0. The third kappa shape index (κ3) is 4.93. The Kier molecular flexibility index (Phi) is 7.04. The molecule has 0 unspecified atom stereocenters. The lowest BCUT2D eigenvalue weighted by atomic mass is 10.1. The number of aromatic nitrogens is 1. The summed E-state index contributed by atoms with van der Waals surface area (Å²) in [6, 6.07) is 12.6. The van der Waals surface area contributed by atoms with Crippen LogP contribution in [-0.2, 0) is 16.4 Å². The van der Waals surface area contributed by atoms with E-state index in [0.717, 1.165) is 32.4 Å². The van der Waals surface area contributed by atoms with E-state index in [1.807, 2.05) is 29.6 Å². The van der Waals surface area contributed by atoms with Gasteiger partial charge in [0.2, 0.25) is 10.0 Å². The van der Waals surface area contributed by atoms with Crippen molar-refractivity contribution in [3.8, 4) is 11.5 Å². The largest absolute Gasteiger partial charge is 0.497 e. The van der Waals surface area contributed by atoms with E-state index in [2.05, 4.69) is 20.8 Å². The molecule has 1 aromatic heterocycles. The molecule has 1 fully saturated rings. The number of thiazole rings is 1. The summed E-state index contributed by atoms with van der Waals surface area (Å²) in [5.41, 5.74) is 1.95. The first-order chi connectivity index (χ1) is 15.4. The number of rotatable bonds is 7. The topological polar surface area (TPSA) is 72.0 Å². The van der Waals surface area contributed by atoms with Gasteiger partial charge in [-0.2, -0.15) is 4.31 Å². The second kappa shape index (κ2) is 9.78. The summed E-state index contributed by atoms with van der Waals surface area (Å²) >= 11 is 4.92. The zero-order chi connectivity index (χ0) is 22.7. The second-order valence-electron chi connectivity index (χ2n) is 7.32. The average Bonchev–Trinajstić information content (AvgIpc) is 3.27. The molecular weight excluding hydrogens is 514 g/mol. The van der Waals surface area contributed by atoms with Crippen molar-refractivity contribution < 1.29 is 17.9 Å². The molecule has 0 N–H and O–H groups in total. The summed E-state index contributed by atoms with van der Waals surface area (Å²) in [7, 11) is -0.212. The van der Waals surface area contributed by atoms with Gasteiger partial charge in [0.15, 0.2) is 5.13 Å². The normalized spacial score (nSPS) is 15.0. The molecule has 0 saturated carbocycles. The van der Waals surface area contributed by atoms with E-state index in [-0.39, 0.29) is 0 Å². The first kappa shape index (κ1) is 23.0. The highest BCUT2D eigenvalue weighted by Crippen LogP contribution is 2.29. The van der Waals surface area contributed by atoms with Gasteiger partial charge in [-0.15, -0.1) is 11.3 Å². The number of sulfonamides is 1. The van der Waals surface area contributed by atoms with Crippen LogP contribution in [0, 0.1) is 0 Å². The van der Waals surface area contributed by atoms with E-state index in [9.17, 15) is 8.42 Å². The lowest BCUT2D eigenvalue weighted by Crippen LogP contribution is -2.48. The fraction of sp³-hybridized carbons (Fsp3) is 0.318. The van der Waals surface area contributed by atoms with Crippen molar-refractivity contribution in [3.63, 3.8) is 0 Å². The standard InChI is InChI=1S/C22H24BrN3O4S2/c1-29-19-6-7-21(30-2)16(13-19)12-18-15-31-22(24-18)25-8-10-26(11-9-25)32(27,28)20-5-3-4-17(23)14-20/h3-7,13-15H,8-12H2,1-2H3. The maximum Gasteiger partial charge on any atom is 0.243 e. The Morgan fingerprint density at radius 2 is 1.84 bits per heavy atom. The molecule has 1 aliphatic rings. The monoisotopic (exact) mass is 537 g/mol. The van der Waals surface area contributed by atoms with Gasteiger partial charge < -0.3 is 14.4 Å². The van der Waals surface area contributed by atoms with Gasteiger partial charge in [0.25, 0.3) is 0 Å². The van der Waals surface area contributed by atoms with Crippen LogP contribution in [0.5, 0.6) is 11.5 Å². The summed E-state index contributed by atoms with van der Waals surface area (Å²) in [6.45, 7) is 2.05. The summed E-state index contributed by atoms with van der Waals surface area (Å²) in [5, 5.41) is 2.94. The van der Waals surface area contributed by atoms with Gasteiger partial charge in [-0.05, 0) is 36.4 Å². The molecule has 0 amide bonds. The van der Waals surface area contributed by atoms with Crippen LogP contribution in [0.15, 0.2) is 57.2 Å². The number of methoxy groups -OCH3 is 2. The van der Waals surface area contributed by atoms with Crippen molar-refractivity contribution in [2.45, 2.75) is 11.3 Å². The van der Waals surface area contributed by atoms with Gasteiger partial charge in [0.05, 0.1) is 24.8 Å². The number of ether oxygens (including phenoxy) is 2. The summed E-state index contributed by atoms with van der Waals surface area (Å²) in [4.78, 5) is 7.24. The van der Waals surface area contributed by atoms with Crippen molar-refractivity contribution in [1.82, 2.24) is 9.29 Å². The second-order valence-corrected chi connectivity index (χ2v) is 11.0. The Bertz CT molecular complexity index is 1190. The van der Waals surface area contributed by atoms with Gasteiger partial charge in [-0.25, -0.2) is 13.4 Å². The third-order valence-corrected chi connectivity index (χ3v) is 8.68. The number of halogens is 1. The smallest absolute Gasteiger partial charge is 0.243 e. The van der Waals surface area contributed by atoms with E-state index in [4.69, 9.17) is 14.5 Å². The molecule has 2 heterocycles. The van der Waals surface area contributed by atoms with Gasteiger partial charge in [-0.1, -0.05) is 22.0 Å². The molecule has 0 radical (unpaired) electrons. The molecule has 7 nitrogen and oxygen atoms in total. The lowest BCUT2D eigenvalue weighted by molar-refractivity contribution is 0.384. The number of anilines is 1. The molecule has 0 atom stereocenters. The minimum absolute atomic E-state index is 0.309. The van der Waals surface area contributed by atoms with Crippen molar-refractivity contribution >= 4 is 42.4 Å². The molecule has 10 heteroatoms. The minimum atomic E-state index is -3.51. The first-order valence-corrected chi connectivity index (χ1v) is 13.2. The summed E-state index contributed by atoms with van der Waals surface area (Å²) in [6.07, 6.45) is 0.633. The fourth-order valence-corrected chi connectivity index (χ4v) is 6.53. The van der Waals surface area contributed by atoms with Crippen LogP contribution >= 0.6 is 27.3 Å². The van der Waals surface area contributed by atoms with E-state index < -0.39 is 10.0 Å². The van der Waals surface area contributed by atoms with Crippen LogP contribution in [0.3, 0.4) is 0 Å². The Labute approximate surface area is 200 Å². The quantitative estimate of drug-likeness (QED) is 0.453. The minimum Gasteiger partial charge on any atom is -0.497 e. The van der Waals surface area contributed by atoms with Crippen molar-refractivity contribution in [2.24, 2.45) is 0 Å². The molecule has 3 aromatic rings. The SMILES string of the molecule is COc1ccc(OC)c(Cc2csc(N3CCN(S(=O)(=O)c4cccc(Br)c4)CC3)n2)c1. The molecule has 1 aliphatic heterocycles. The van der Waals surface area contributed by atoms with Crippen LogP contribution in [0.2, 0.25) is 0 Å². The highest BCUT2D eigenvalue weighted by molar-refractivity contribution is 9.10. The third-order valence-electron chi connectivity index (χ3n) is 5.34. The number of nitrogens with zero attached hydrogens (tertiary/aromatic N) is 3. The van der Waals surface area contributed by atoms with E-state index in [1.54, 1.807) is 48.1 Å². The van der Waals surface area contributed by atoms with Crippen LogP contribution in [0.4, 0.5) is 5.13 Å². The van der Waals surface area contributed by atoms with Crippen LogP contribution < -0.4 is 14.4 Å². The maximum atomic E-state index is 13.0. The molecule has 0 spiro atoms. The van der Waals surface area contributed by atoms with Crippen molar-refractivity contribution in [2.75, 3.05) is 45.3 Å². The van der Waals surface area contributed by atoms with Crippen molar-refractivity contribution in [1.29, 1.82) is 0 Å². The zero-order valence-corrected chi connectivity index (χ0v) is 21.0. The number of piperazine rings is 1. The predicted octanol–water partition coefficient (Wildman–Crippen LogP) is 4.02. The molecule has 0 bridgehead atoms. The van der Waals surface area contributed by atoms with Crippen LogP contribution in [0.1, 0.15) is 11.3 Å². The Balaban J connectivity index is 1.42. The van der Waals surface area contributed by atoms with Gasteiger partial charge in [-0.3, -0.25) is 0 Å². The number of hydrogen-bond donors (Lipinski definition) is 0. The zero-order valence-electron chi connectivity index (χ0n) is 17.8. The highest BCUT2D eigenvalue weighted by atomic mass is 79.9. The Morgan fingerprint density at radius 3 is 2.53 bits per heavy atom. The van der Waals surface area contributed by atoms with Crippen LogP contribution in [0.25, 0.3) is 0 Å². The van der Waals surface area contributed by atoms with Gasteiger partial charge in [0.1, 0.15) is 11.5 Å². The van der Waals surface area contributed by atoms with E-state index >= 15 is 0 Å². The Morgan fingerprint density at radius 1 is 1.06 bits per heavy atom. The van der Waals surface area contributed by atoms with Crippen LogP contribution in [-0.4, -0.2) is 58.1 Å². The van der Waals surface area contributed by atoms with Gasteiger partial charge in [0, 0.05) is 48.0 Å². The van der Waals surface area contributed by atoms with Gasteiger partial charge >= 0.3 is 0 Å². The predicted molar refractivity (Wildman–Crippen MR) is 130 cm³/mol. The summed E-state index contributed by atoms with van der Waals surface area (Å²) in [5.74, 6) is 1.57. The average molecular weight is 538 g/mol. The molecule has 0 aliphatic carbocycles. The molecule has 2 aromatic carbocycles. The van der Waals surface area contributed by atoms with E-state index in [0.29, 0.717) is 37.5 Å². The lowest BCUT2D eigenvalue weighted by Gasteiger charge is -2.33. The number of benzene rings is 2. The maximum absolute atomic E-state index is 13.0. The fourth-order valence-electron chi connectivity index (χ4n) is 3.63. The molecule has 4 rings (SSSR count). The van der Waals surface area contributed by atoms with E-state index in [1.165, 1.54) is 0 Å². The van der Waals surface area contributed by atoms with Crippen molar-refractivity contribution in [3.05, 3.63) is 63.6 Å². The Hall–Kier alpha value is -2.14. The first-order valence-electron chi connectivity index (χ1n) is 10.1. The molecular formula is C22H24BrN3O4S2. The molecule has 170 valence electrons. The molecule has 1 saturated heterocycles. The number of hydrogen-bond acceptors (Lipinski definition) is 7.